The van der Waals surface area contributed by atoms with E-state index in [0.717, 1.165) is 4.47 Å². The van der Waals surface area contributed by atoms with Crippen molar-refractivity contribution in [1.29, 1.82) is 5.26 Å². The van der Waals surface area contributed by atoms with Gasteiger partial charge in [0.05, 0.1) is 11.6 Å². The van der Waals surface area contributed by atoms with Gasteiger partial charge in [-0.1, -0.05) is 45.7 Å². The van der Waals surface area contributed by atoms with Crippen LogP contribution in [0.2, 0.25) is 5.02 Å². The minimum absolute atomic E-state index is 0.0885. The Kier molecular flexibility index (Phi) is 8.47. The lowest BCUT2D eigenvalue weighted by molar-refractivity contribution is -0.112. The number of carbonyl (C=O) groups excluding carboxylic acids is 1. The van der Waals surface area contributed by atoms with Crippen molar-refractivity contribution in [2.45, 2.75) is 13.5 Å². The lowest BCUT2D eigenvalue weighted by Crippen LogP contribution is -2.13. The molecule has 0 aliphatic carbocycles. The Bertz CT molecular complexity index is 1240. The Morgan fingerprint density at radius 2 is 1.97 bits per heavy atom. The number of carbonyl (C=O) groups is 1. The molecule has 0 atom stereocenters. The third kappa shape index (κ3) is 6.82. The van der Waals surface area contributed by atoms with Crippen molar-refractivity contribution in [3.05, 3.63) is 92.7 Å². The van der Waals surface area contributed by atoms with E-state index in [4.69, 9.17) is 21.1 Å². The third-order valence-electron chi connectivity index (χ3n) is 4.36. The Morgan fingerprint density at radius 3 is 2.67 bits per heavy atom. The van der Waals surface area contributed by atoms with E-state index in [0.29, 0.717) is 29.2 Å². The standard InChI is InChI=1S/C25H19BrClFN2O3/c1-2-32-23-12-17(9-18(14-29)25(31)30-21-8-4-6-19(26)13-21)11-22(27)24(23)33-15-16-5-3-7-20(28)10-16/h3-13H,2,15H2,1H3,(H,30,31)/b18-9-. The molecule has 1 N–H and O–H groups in total. The number of nitrogens with one attached hydrogen (secondary N) is 1. The molecule has 0 saturated heterocycles. The van der Waals surface area contributed by atoms with Crippen molar-refractivity contribution in [2.24, 2.45) is 0 Å². The number of halogens is 3. The maximum absolute atomic E-state index is 13.4. The highest BCUT2D eigenvalue weighted by atomic mass is 79.9. The van der Waals surface area contributed by atoms with Crippen LogP contribution in [0.4, 0.5) is 10.1 Å². The summed E-state index contributed by atoms with van der Waals surface area (Å²) in [6.07, 6.45) is 1.41. The Balaban J connectivity index is 1.85. The van der Waals surface area contributed by atoms with Gasteiger partial charge in [0.15, 0.2) is 11.5 Å². The van der Waals surface area contributed by atoms with Gasteiger partial charge in [0.1, 0.15) is 24.1 Å². The lowest BCUT2D eigenvalue weighted by atomic mass is 10.1. The van der Waals surface area contributed by atoms with Crippen LogP contribution in [0.1, 0.15) is 18.1 Å². The first-order valence-electron chi connectivity index (χ1n) is 9.92. The number of nitrogens with zero attached hydrogens (tertiary/aromatic N) is 1. The maximum atomic E-state index is 13.4. The molecule has 0 radical (unpaired) electrons. The van der Waals surface area contributed by atoms with Gasteiger partial charge in [0.2, 0.25) is 0 Å². The van der Waals surface area contributed by atoms with E-state index in [1.54, 1.807) is 49.4 Å². The quantitative estimate of drug-likeness (QED) is 0.258. The van der Waals surface area contributed by atoms with Gasteiger partial charge >= 0.3 is 0 Å². The van der Waals surface area contributed by atoms with E-state index < -0.39 is 5.91 Å². The molecular weight excluding hydrogens is 511 g/mol. The van der Waals surface area contributed by atoms with E-state index in [1.807, 2.05) is 12.1 Å². The van der Waals surface area contributed by atoms with Crippen molar-refractivity contribution >= 4 is 45.2 Å². The highest BCUT2D eigenvalue weighted by Crippen LogP contribution is 2.38. The maximum Gasteiger partial charge on any atom is 0.266 e. The highest BCUT2D eigenvalue weighted by molar-refractivity contribution is 9.10. The fourth-order valence-corrected chi connectivity index (χ4v) is 3.61. The second kappa shape index (κ2) is 11.5. The molecule has 0 aliphatic rings. The van der Waals surface area contributed by atoms with Crippen molar-refractivity contribution in [2.75, 3.05) is 11.9 Å². The van der Waals surface area contributed by atoms with Gasteiger partial charge in [-0.2, -0.15) is 5.26 Å². The second-order valence-corrected chi connectivity index (χ2v) is 8.14. The first-order chi connectivity index (χ1) is 15.9. The summed E-state index contributed by atoms with van der Waals surface area (Å²) in [5.74, 6) is -0.289. The molecule has 0 heterocycles. The molecule has 0 aromatic heterocycles. The van der Waals surface area contributed by atoms with Gasteiger partial charge in [0, 0.05) is 10.2 Å². The number of ether oxygens (including phenoxy) is 2. The van der Waals surface area contributed by atoms with Gasteiger partial charge in [-0.25, -0.2) is 4.39 Å². The van der Waals surface area contributed by atoms with E-state index in [2.05, 4.69) is 21.2 Å². The van der Waals surface area contributed by atoms with Gasteiger partial charge in [-0.15, -0.1) is 0 Å². The van der Waals surface area contributed by atoms with Gasteiger partial charge in [-0.05, 0) is 66.6 Å². The molecule has 1 amide bonds. The largest absolute Gasteiger partial charge is 0.490 e. The second-order valence-electron chi connectivity index (χ2n) is 6.82. The summed E-state index contributed by atoms with van der Waals surface area (Å²) < 4.78 is 25.7. The van der Waals surface area contributed by atoms with Crippen molar-refractivity contribution in [3.8, 4) is 17.6 Å². The van der Waals surface area contributed by atoms with Gasteiger partial charge in [-0.3, -0.25) is 4.79 Å². The first kappa shape index (κ1) is 24.3. The summed E-state index contributed by atoms with van der Waals surface area (Å²) in [6.45, 7) is 2.23. The molecule has 5 nitrogen and oxygen atoms in total. The van der Waals surface area contributed by atoms with Crippen LogP contribution in [0.25, 0.3) is 6.08 Å². The number of anilines is 1. The number of amides is 1. The number of rotatable bonds is 8. The number of hydrogen-bond donors (Lipinski definition) is 1. The van der Waals surface area contributed by atoms with Crippen LogP contribution in [-0.2, 0) is 11.4 Å². The van der Waals surface area contributed by atoms with Crippen molar-refractivity contribution in [1.82, 2.24) is 0 Å². The average molecular weight is 530 g/mol. The van der Waals surface area contributed by atoms with Gasteiger partial charge < -0.3 is 14.8 Å². The molecule has 8 heteroatoms. The molecule has 0 bridgehead atoms. The number of benzene rings is 3. The van der Waals surface area contributed by atoms with Crippen LogP contribution in [0, 0.1) is 17.1 Å². The van der Waals surface area contributed by atoms with E-state index in [1.165, 1.54) is 18.2 Å². The number of hydrogen-bond acceptors (Lipinski definition) is 4. The summed E-state index contributed by atoms with van der Waals surface area (Å²) in [7, 11) is 0. The smallest absolute Gasteiger partial charge is 0.266 e. The Labute approximate surface area is 204 Å². The van der Waals surface area contributed by atoms with Crippen LogP contribution in [-0.4, -0.2) is 12.5 Å². The van der Waals surface area contributed by atoms with Crippen LogP contribution < -0.4 is 14.8 Å². The molecule has 3 aromatic carbocycles. The van der Waals surface area contributed by atoms with E-state index in [9.17, 15) is 14.4 Å². The van der Waals surface area contributed by atoms with Crippen molar-refractivity contribution in [3.63, 3.8) is 0 Å². The summed E-state index contributed by atoms with van der Waals surface area (Å²) in [4.78, 5) is 12.6. The van der Waals surface area contributed by atoms with Crippen LogP contribution >= 0.6 is 27.5 Å². The summed E-state index contributed by atoms with van der Waals surface area (Å²) in [6, 6.07) is 18.2. The topological polar surface area (TPSA) is 71.3 Å². The molecule has 0 saturated carbocycles. The highest BCUT2D eigenvalue weighted by Gasteiger charge is 2.15. The fourth-order valence-electron chi connectivity index (χ4n) is 2.94. The molecule has 3 rings (SSSR count). The van der Waals surface area contributed by atoms with Gasteiger partial charge in [0.25, 0.3) is 5.91 Å². The zero-order valence-electron chi connectivity index (χ0n) is 17.6. The molecule has 33 heavy (non-hydrogen) atoms. The van der Waals surface area contributed by atoms with E-state index in [-0.39, 0.29) is 28.8 Å². The number of nitriles is 1. The SMILES string of the molecule is CCOc1cc(/C=C(/C#N)C(=O)Nc2cccc(Br)c2)cc(Cl)c1OCc1cccc(F)c1. The van der Waals surface area contributed by atoms with Crippen LogP contribution in [0.3, 0.4) is 0 Å². The molecule has 0 aliphatic heterocycles. The summed E-state index contributed by atoms with van der Waals surface area (Å²) in [5, 5.41) is 12.4. The average Bonchev–Trinajstić information content (AvgIpc) is 2.77. The van der Waals surface area contributed by atoms with Crippen LogP contribution in [0.5, 0.6) is 11.5 Å². The molecule has 0 unspecified atom stereocenters. The fraction of sp³-hybridized carbons (Fsp3) is 0.120. The normalized spacial score (nSPS) is 10.9. The minimum Gasteiger partial charge on any atom is -0.490 e. The molecule has 3 aromatic rings. The molecular formula is C25H19BrClFN2O3. The molecule has 168 valence electrons. The third-order valence-corrected chi connectivity index (χ3v) is 5.14. The summed E-state index contributed by atoms with van der Waals surface area (Å²) >= 11 is 9.76. The monoisotopic (exact) mass is 528 g/mol. The Hall–Kier alpha value is -3.34. The first-order valence-corrected chi connectivity index (χ1v) is 11.1. The molecule has 0 spiro atoms. The lowest BCUT2D eigenvalue weighted by Gasteiger charge is -2.15. The summed E-state index contributed by atoms with van der Waals surface area (Å²) in [5.41, 5.74) is 1.56. The Morgan fingerprint density at radius 1 is 1.18 bits per heavy atom. The minimum atomic E-state index is -0.559. The van der Waals surface area contributed by atoms with E-state index >= 15 is 0 Å². The zero-order valence-corrected chi connectivity index (χ0v) is 19.9. The zero-order chi connectivity index (χ0) is 23.8. The van der Waals surface area contributed by atoms with Crippen LogP contribution in [0.15, 0.2) is 70.7 Å². The predicted molar refractivity (Wildman–Crippen MR) is 130 cm³/mol. The predicted octanol–water partition coefficient (Wildman–Crippen LogP) is 6.76. The van der Waals surface area contributed by atoms with Crippen molar-refractivity contribution < 1.29 is 18.7 Å². The molecule has 0 fully saturated rings.